The van der Waals surface area contributed by atoms with Crippen LogP contribution in [0, 0.1) is 0 Å². The van der Waals surface area contributed by atoms with E-state index >= 15 is 0 Å². The Hall–Kier alpha value is -0.940. The molecule has 21 heavy (non-hydrogen) atoms. The molecule has 0 aliphatic rings. The Morgan fingerprint density at radius 1 is 1.10 bits per heavy atom. The molecule has 2 N–H and O–H groups in total. The van der Waals surface area contributed by atoms with Gasteiger partial charge in [0.15, 0.2) is 0 Å². The van der Waals surface area contributed by atoms with Crippen LogP contribution in [-0.2, 0) is 13.2 Å². The maximum atomic E-state index is 6.14. The van der Waals surface area contributed by atoms with Crippen LogP contribution in [0.4, 0.5) is 0 Å². The maximum absolute atomic E-state index is 6.14. The fourth-order valence-corrected chi connectivity index (χ4v) is 2.69. The normalized spacial score (nSPS) is 10.5. The molecular weight excluding hydrogens is 377 g/mol. The van der Waals surface area contributed by atoms with Gasteiger partial charge in [-0.3, -0.25) is 0 Å². The third-order valence-electron chi connectivity index (χ3n) is 2.94. The summed E-state index contributed by atoms with van der Waals surface area (Å²) in [7, 11) is 1.62. The second-order valence-corrected chi connectivity index (χ2v) is 6.00. The minimum atomic E-state index is 0.314. The van der Waals surface area contributed by atoms with E-state index in [9.17, 15) is 0 Å². The van der Waals surface area contributed by atoms with Crippen LogP contribution >= 0.6 is 39.1 Å². The van der Waals surface area contributed by atoms with Crippen molar-refractivity contribution in [3.63, 3.8) is 0 Å². The molecule has 0 aromatic heterocycles. The second-order valence-electron chi connectivity index (χ2n) is 4.34. The highest BCUT2D eigenvalue weighted by molar-refractivity contribution is 9.10. The number of ether oxygens (including phenoxy) is 2. The molecule has 2 aromatic rings. The van der Waals surface area contributed by atoms with Gasteiger partial charge >= 0.3 is 0 Å². The summed E-state index contributed by atoms with van der Waals surface area (Å²) < 4.78 is 11.8. The van der Waals surface area contributed by atoms with Gasteiger partial charge in [-0.15, -0.1) is 0 Å². The molecule has 0 atom stereocenters. The number of benzene rings is 2. The molecule has 0 saturated heterocycles. The van der Waals surface area contributed by atoms with E-state index < -0.39 is 0 Å². The lowest BCUT2D eigenvalue weighted by Crippen LogP contribution is -2.03. The van der Waals surface area contributed by atoms with Crippen molar-refractivity contribution in [3.8, 4) is 11.5 Å². The van der Waals surface area contributed by atoms with Crippen LogP contribution in [0.25, 0.3) is 0 Å². The van der Waals surface area contributed by atoms with E-state index in [1.54, 1.807) is 19.2 Å². The van der Waals surface area contributed by atoms with Crippen molar-refractivity contribution >= 4 is 39.1 Å². The molecule has 0 aliphatic carbocycles. The minimum Gasteiger partial charge on any atom is -0.496 e. The van der Waals surface area contributed by atoms with Gasteiger partial charge in [-0.1, -0.05) is 29.3 Å². The SMILES string of the molecule is COc1ccc(CN)cc1COc1cc(Cl)c(Br)cc1Cl. The molecule has 3 nitrogen and oxygen atoms in total. The Balaban J connectivity index is 2.21. The molecule has 0 radical (unpaired) electrons. The molecule has 0 saturated carbocycles. The Bertz CT molecular complexity index is 650. The molecule has 112 valence electrons. The number of hydrogen-bond acceptors (Lipinski definition) is 3. The minimum absolute atomic E-state index is 0.314. The Morgan fingerprint density at radius 3 is 2.52 bits per heavy atom. The second kappa shape index (κ2) is 7.36. The molecular formula is C15H14BrCl2NO2. The van der Waals surface area contributed by atoms with Gasteiger partial charge in [0.1, 0.15) is 18.1 Å². The van der Waals surface area contributed by atoms with Gasteiger partial charge in [0.05, 0.1) is 17.2 Å². The predicted octanol–water partition coefficient (Wildman–Crippen LogP) is 4.80. The summed E-state index contributed by atoms with van der Waals surface area (Å²) in [5.74, 6) is 1.26. The van der Waals surface area contributed by atoms with Crippen molar-refractivity contribution in [2.24, 2.45) is 5.73 Å². The molecule has 0 unspecified atom stereocenters. The van der Waals surface area contributed by atoms with Gasteiger partial charge in [-0.25, -0.2) is 0 Å². The number of halogens is 3. The fraction of sp³-hybridized carbons (Fsp3) is 0.200. The van der Waals surface area contributed by atoms with Crippen molar-refractivity contribution in [1.29, 1.82) is 0 Å². The molecule has 0 aliphatic heterocycles. The summed E-state index contributed by atoms with van der Waals surface area (Å²) in [6.07, 6.45) is 0. The molecule has 0 amide bonds. The Kier molecular flexibility index (Phi) is 5.76. The summed E-state index contributed by atoms with van der Waals surface area (Å²) in [6.45, 7) is 0.774. The molecule has 0 spiro atoms. The van der Waals surface area contributed by atoms with Crippen LogP contribution in [0.5, 0.6) is 11.5 Å². The molecule has 0 heterocycles. The highest BCUT2D eigenvalue weighted by atomic mass is 79.9. The molecule has 6 heteroatoms. The number of methoxy groups -OCH3 is 1. The van der Waals surface area contributed by atoms with Gasteiger partial charge in [-0.2, -0.15) is 0 Å². The predicted molar refractivity (Wildman–Crippen MR) is 89.4 cm³/mol. The smallest absolute Gasteiger partial charge is 0.139 e. The quantitative estimate of drug-likeness (QED) is 0.745. The third-order valence-corrected chi connectivity index (χ3v) is 4.43. The van der Waals surface area contributed by atoms with E-state index in [1.807, 2.05) is 18.2 Å². The third kappa shape index (κ3) is 4.04. The summed E-state index contributed by atoms with van der Waals surface area (Å²) in [5.41, 5.74) is 7.56. The van der Waals surface area contributed by atoms with E-state index in [1.165, 1.54) is 0 Å². The molecule has 2 aromatic carbocycles. The standard InChI is InChI=1S/C15H14BrCl2NO2/c1-20-14-3-2-9(7-19)4-10(14)8-21-15-6-12(17)11(16)5-13(15)18/h2-6H,7-8,19H2,1H3. The lowest BCUT2D eigenvalue weighted by atomic mass is 10.1. The van der Waals surface area contributed by atoms with Crippen LogP contribution in [-0.4, -0.2) is 7.11 Å². The van der Waals surface area contributed by atoms with Crippen LogP contribution < -0.4 is 15.2 Å². The number of rotatable bonds is 5. The van der Waals surface area contributed by atoms with Crippen molar-refractivity contribution in [3.05, 3.63) is 56.0 Å². The molecule has 2 rings (SSSR count). The van der Waals surface area contributed by atoms with Crippen LogP contribution in [0.3, 0.4) is 0 Å². The first-order chi connectivity index (χ1) is 10.0. The molecule has 0 bridgehead atoms. The average Bonchev–Trinajstić information content (AvgIpc) is 2.49. The zero-order valence-electron chi connectivity index (χ0n) is 11.3. The Labute approximate surface area is 142 Å². The summed E-state index contributed by atoms with van der Waals surface area (Å²) in [6, 6.07) is 9.12. The maximum Gasteiger partial charge on any atom is 0.139 e. The lowest BCUT2D eigenvalue weighted by Gasteiger charge is -2.13. The Morgan fingerprint density at radius 2 is 1.86 bits per heavy atom. The van der Waals surface area contributed by atoms with E-state index in [0.717, 1.165) is 21.3 Å². The van der Waals surface area contributed by atoms with Gasteiger partial charge in [-0.05, 0) is 39.7 Å². The first-order valence-corrected chi connectivity index (χ1v) is 7.73. The fourth-order valence-electron chi connectivity index (χ4n) is 1.84. The van der Waals surface area contributed by atoms with Gasteiger partial charge in [0.2, 0.25) is 0 Å². The van der Waals surface area contributed by atoms with Crippen molar-refractivity contribution in [2.75, 3.05) is 7.11 Å². The molecule has 0 fully saturated rings. The summed E-state index contributed by atoms with van der Waals surface area (Å²) >= 11 is 15.5. The summed E-state index contributed by atoms with van der Waals surface area (Å²) in [4.78, 5) is 0. The number of hydrogen-bond donors (Lipinski definition) is 1. The van der Waals surface area contributed by atoms with E-state index in [0.29, 0.717) is 28.9 Å². The van der Waals surface area contributed by atoms with E-state index in [-0.39, 0.29) is 0 Å². The lowest BCUT2D eigenvalue weighted by molar-refractivity contribution is 0.296. The van der Waals surface area contributed by atoms with Gasteiger partial charge < -0.3 is 15.2 Å². The highest BCUT2D eigenvalue weighted by Crippen LogP contribution is 2.35. The zero-order valence-corrected chi connectivity index (χ0v) is 14.4. The first kappa shape index (κ1) is 16.4. The van der Waals surface area contributed by atoms with E-state index in [4.69, 9.17) is 38.4 Å². The van der Waals surface area contributed by atoms with Crippen molar-refractivity contribution in [2.45, 2.75) is 13.2 Å². The largest absolute Gasteiger partial charge is 0.496 e. The number of nitrogens with two attached hydrogens (primary N) is 1. The monoisotopic (exact) mass is 389 g/mol. The van der Waals surface area contributed by atoms with Gasteiger partial charge in [0.25, 0.3) is 0 Å². The van der Waals surface area contributed by atoms with Crippen LogP contribution in [0.15, 0.2) is 34.8 Å². The zero-order chi connectivity index (χ0) is 15.4. The van der Waals surface area contributed by atoms with Gasteiger partial charge in [0, 0.05) is 22.6 Å². The van der Waals surface area contributed by atoms with E-state index in [2.05, 4.69) is 15.9 Å². The average molecular weight is 391 g/mol. The summed E-state index contributed by atoms with van der Waals surface area (Å²) in [5, 5.41) is 1.03. The highest BCUT2D eigenvalue weighted by Gasteiger charge is 2.09. The van der Waals surface area contributed by atoms with Crippen LogP contribution in [0.2, 0.25) is 10.0 Å². The van der Waals surface area contributed by atoms with Crippen LogP contribution in [0.1, 0.15) is 11.1 Å². The topological polar surface area (TPSA) is 44.5 Å². The van der Waals surface area contributed by atoms with Crippen molar-refractivity contribution < 1.29 is 9.47 Å². The first-order valence-electron chi connectivity index (χ1n) is 6.18. The van der Waals surface area contributed by atoms with Crippen molar-refractivity contribution in [1.82, 2.24) is 0 Å².